The standard InChI is InChI=1S/C20H18Cl2F3N3O2S/c1-10(2)26-18(29)15-3-11-8-28(9-16(11)31-15)17-7-19(30-27-17,20(23,24)25)12-4-13(21)6-14(22)5-12/h3-6,10H,7-9H2,1-2H3,(H,26,29). The average Bonchev–Trinajstić information content (AvgIpc) is 3.32. The normalized spacial score (nSPS) is 20.6. The first kappa shape index (κ1) is 22.2. The SMILES string of the molecule is CC(C)NC(=O)c1cc2c(s1)CN(C1=NOC(c3cc(Cl)cc(Cl)c3)(C(F)(F)F)C1)C2. The molecule has 166 valence electrons. The summed E-state index contributed by atoms with van der Waals surface area (Å²) in [5, 5.41) is 6.80. The minimum atomic E-state index is -4.74. The fraction of sp³-hybridized carbons (Fsp3) is 0.400. The number of rotatable bonds is 3. The Morgan fingerprint density at radius 1 is 1.23 bits per heavy atom. The first-order chi connectivity index (χ1) is 14.5. The first-order valence-corrected chi connectivity index (χ1v) is 11.0. The Balaban J connectivity index is 1.54. The predicted octanol–water partition coefficient (Wildman–Crippen LogP) is 5.70. The van der Waals surface area contributed by atoms with E-state index in [0.29, 0.717) is 18.0 Å². The molecule has 0 radical (unpaired) electrons. The van der Waals surface area contributed by atoms with Crippen LogP contribution in [-0.4, -0.2) is 28.9 Å². The number of amidine groups is 1. The van der Waals surface area contributed by atoms with Gasteiger partial charge in [-0.1, -0.05) is 28.4 Å². The summed E-state index contributed by atoms with van der Waals surface area (Å²) in [6.07, 6.45) is -5.23. The van der Waals surface area contributed by atoms with Crippen LogP contribution in [0.4, 0.5) is 13.2 Å². The highest BCUT2D eigenvalue weighted by Crippen LogP contribution is 2.50. The number of amides is 1. The van der Waals surface area contributed by atoms with Crippen LogP contribution in [0.25, 0.3) is 0 Å². The van der Waals surface area contributed by atoms with Crippen molar-refractivity contribution < 1.29 is 22.8 Å². The number of fused-ring (bicyclic) bond motifs is 1. The number of nitrogens with one attached hydrogen (secondary N) is 1. The molecule has 0 aliphatic carbocycles. The Morgan fingerprint density at radius 2 is 1.90 bits per heavy atom. The van der Waals surface area contributed by atoms with E-state index in [9.17, 15) is 18.0 Å². The molecule has 0 bridgehead atoms. The summed E-state index contributed by atoms with van der Waals surface area (Å²) >= 11 is 13.2. The van der Waals surface area contributed by atoms with Crippen molar-refractivity contribution in [1.82, 2.24) is 10.2 Å². The van der Waals surface area contributed by atoms with Crippen molar-refractivity contribution in [3.8, 4) is 0 Å². The molecule has 5 nitrogen and oxygen atoms in total. The van der Waals surface area contributed by atoms with Crippen LogP contribution in [0.2, 0.25) is 10.0 Å². The molecule has 1 amide bonds. The molecule has 11 heteroatoms. The van der Waals surface area contributed by atoms with Crippen molar-refractivity contribution in [2.75, 3.05) is 0 Å². The Bertz CT molecular complexity index is 1030. The van der Waals surface area contributed by atoms with E-state index in [2.05, 4.69) is 10.5 Å². The number of carbonyl (C=O) groups excluding carboxylic acids is 1. The summed E-state index contributed by atoms with van der Waals surface area (Å²) < 4.78 is 42.4. The monoisotopic (exact) mass is 491 g/mol. The Morgan fingerprint density at radius 3 is 2.48 bits per heavy atom. The van der Waals surface area contributed by atoms with Crippen molar-refractivity contribution in [2.24, 2.45) is 5.16 Å². The van der Waals surface area contributed by atoms with Crippen molar-refractivity contribution in [3.05, 3.63) is 55.2 Å². The predicted molar refractivity (Wildman–Crippen MR) is 114 cm³/mol. The quantitative estimate of drug-likeness (QED) is 0.598. The average molecular weight is 492 g/mol. The molecule has 1 N–H and O–H groups in total. The second-order valence-corrected chi connectivity index (χ2v) is 9.81. The van der Waals surface area contributed by atoms with Crippen LogP contribution in [0.15, 0.2) is 29.4 Å². The van der Waals surface area contributed by atoms with Gasteiger partial charge in [0.25, 0.3) is 11.5 Å². The zero-order valence-electron chi connectivity index (χ0n) is 16.5. The third-order valence-corrected chi connectivity index (χ3v) is 6.70. The minimum Gasteiger partial charge on any atom is -0.372 e. The third kappa shape index (κ3) is 4.10. The molecule has 0 fully saturated rings. The van der Waals surface area contributed by atoms with E-state index in [-0.39, 0.29) is 33.4 Å². The molecule has 1 aromatic heterocycles. The van der Waals surface area contributed by atoms with E-state index in [1.54, 1.807) is 11.0 Å². The number of hydrogen-bond acceptors (Lipinski definition) is 5. The second-order valence-electron chi connectivity index (χ2n) is 7.80. The van der Waals surface area contributed by atoms with Gasteiger partial charge in [0, 0.05) is 33.1 Å². The second kappa shape index (κ2) is 7.86. The number of halogens is 5. The van der Waals surface area contributed by atoms with Crippen molar-refractivity contribution >= 4 is 46.3 Å². The highest BCUT2D eigenvalue weighted by Gasteiger charge is 2.63. The van der Waals surface area contributed by atoms with Gasteiger partial charge in [0.2, 0.25) is 0 Å². The van der Waals surface area contributed by atoms with Crippen molar-refractivity contribution in [1.29, 1.82) is 0 Å². The third-order valence-electron chi connectivity index (χ3n) is 5.10. The molecule has 1 aromatic carbocycles. The van der Waals surface area contributed by atoms with Gasteiger partial charge in [-0.05, 0) is 43.7 Å². The Labute approximate surface area is 190 Å². The van der Waals surface area contributed by atoms with Crippen LogP contribution < -0.4 is 5.32 Å². The summed E-state index contributed by atoms with van der Waals surface area (Å²) in [5.41, 5.74) is -1.95. The maximum absolute atomic E-state index is 14.1. The molecule has 2 aromatic rings. The summed E-state index contributed by atoms with van der Waals surface area (Å²) in [5.74, 6) is 0.0291. The molecule has 4 rings (SSSR count). The number of benzene rings is 1. The maximum Gasteiger partial charge on any atom is 0.435 e. The van der Waals surface area contributed by atoms with Crippen LogP contribution in [0, 0.1) is 0 Å². The molecular formula is C20H18Cl2F3N3O2S. The van der Waals surface area contributed by atoms with Crippen LogP contribution in [-0.2, 0) is 23.5 Å². The van der Waals surface area contributed by atoms with E-state index in [4.69, 9.17) is 28.0 Å². The lowest BCUT2D eigenvalue weighted by Crippen LogP contribution is -2.43. The summed E-state index contributed by atoms with van der Waals surface area (Å²) in [7, 11) is 0. The van der Waals surface area contributed by atoms with Gasteiger partial charge in [-0.3, -0.25) is 4.79 Å². The molecule has 1 unspecified atom stereocenters. The molecule has 2 aliphatic heterocycles. The Kier molecular flexibility index (Phi) is 5.64. The molecule has 0 saturated heterocycles. The van der Waals surface area contributed by atoms with Gasteiger partial charge in [-0.2, -0.15) is 13.2 Å². The van der Waals surface area contributed by atoms with Gasteiger partial charge in [-0.15, -0.1) is 11.3 Å². The van der Waals surface area contributed by atoms with E-state index >= 15 is 0 Å². The van der Waals surface area contributed by atoms with Gasteiger partial charge in [-0.25, -0.2) is 0 Å². The number of thiophene rings is 1. The number of carbonyl (C=O) groups is 1. The minimum absolute atomic E-state index is 0.0152. The van der Waals surface area contributed by atoms with E-state index in [0.717, 1.165) is 10.4 Å². The molecule has 1 atom stereocenters. The largest absolute Gasteiger partial charge is 0.435 e. The summed E-state index contributed by atoms with van der Waals surface area (Å²) in [6, 6.07) is 5.54. The van der Waals surface area contributed by atoms with Crippen molar-refractivity contribution in [2.45, 2.75) is 51.2 Å². The lowest BCUT2D eigenvalue weighted by Gasteiger charge is -2.30. The number of nitrogens with zero attached hydrogens (tertiary/aromatic N) is 2. The van der Waals surface area contributed by atoms with Crippen LogP contribution in [0.1, 0.15) is 45.9 Å². The highest BCUT2D eigenvalue weighted by atomic mass is 35.5. The molecular weight excluding hydrogens is 474 g/mol. The fourth-order valence-electron chi connectivity index (χ4n) is 3.64. The van der Waals surface area contributed by atoms with Gasteiger partial charge < -0.3 is 15.1 Å². The summed E-state index contributed by atoms with van der Waals surface area (Å²) in [6.45, 7) is 4.47. The van der Waals surface area contributed by atoms with Crippen molar-refractivity contribution in [3.63, 3.8) is 0 Å². The first-order valence-electron chi connectivity index (χ1n) is 9.44. The lowest BCUT2D eigenvalue weighted by atomic mass is 9.89. The van der Waals surface area contributed by atoms with Gasteiger partial charge in [0.1, 0.15) is 5.84 Å². The molecule has 0 spiro atoms. The van der Waals surface area contributed by atoms with Gasteiger partial charge >= 0.3 is 6.18 Å². The topological polar surface area (TPSA) is 53.9 Å². The van der Waals surface area contributed by atoms with Crippen LogP contribution in [0.3, 0.4) is 0 Å². The molecule has 31 heavy (non-hydrogen) atoms. The van der Waals surface area contributed by atoms with E-state index in [1.165, 1.54) is 29.5 Å². The van der Waals surface area contributed by atoms with E-state index in [1.807, 2.05) is 13.8 Å². The summed E-state index contributed by atoms with van der Waals surface area (Å²) in [4.78, 5) is 20.5. The number of oxime groups is 1. The lowest BCUT2D eigenvalue weighted by molar-refractivity contribution is -0.275. The zero-order valence-corrected chi connectivity index (χ0v) is 18.8. The Hall–Kier alpha value is -1.97. The number of alkyl halides is 3. The molecule has 2 aliphatic rings. The van der Waals surface area contributed by atoms with E-state index < -0.39 is 18.2 Å². The maximum atomic E-state index is 14.1. The smallest absolute Gasteiger partial charge is 0.372 e. The molecule has 0 saturated carbocycles. The number of hydrogen-bond donors (Lipinski definition) is 1. The fourth-order valence-corrected chi connectivity index (χ4v) is 5.26. The zero-order chi connectivity index (χ0) is 22.6. The highest BCUT2D eigenvalue weighted by molar-refractivity contribution is 7.14. The van der Waals surface area contributed by atoms with Gasteiger partial charge in [0.15, 0.2) is 0 Å². The van der Waals surface area contributed by atoms with Crippen LogP contribution >= 0.6 is 34.5 Å². The molecule has 3 heterocycles. The van der Waals surface area contributed by atoms with Crippen LogP contribution in [0.5, 0.6) is 0 Å². The van der Waals surface area contributed by atoms with Gasteiger partial charge in [0.05, 0.1) is 17.8 Å².